The van der Waals surface area contributed by atoms with Gasteiger partial charge in [0.05, 0.1) is 5.02 Å². The van der Waals surface area contributed by atoms with E-state index in [1.807, 2.05) is 4.90 Å². The first-order valence-corrected chi connectivity index (χ1v) is 10.0. The van der Waals surface area contributed by atoms with E-state index in [9.17, 15) is 14.0 Å². The number of amides is 2. The van der Waals surface area contributed by atoms with Gasteiger partial charge in [0.1, 0.15) is 11.6 Å². The Labute approximate surface area is 174 Å². The predicted molar refractivity (Wildman–Crippen MR) is 111 cm³/mol. The number of rotatable bonds is 5. The topological polar surface area (TPSA) is 58.6 Å². The highest BCUT2D eigenvalue weighted by Crippen LogP contribution is 2.23. The zero-order valence-electron chi connectivity index (χ0n) is 16.5. The Balaban J connectivity index is 1.56. The van der Waals surface area contributed by atoms with Crippen LogP contribution in [-0.2, 0) is 4.79 Å². The molecule has 0 saturated carbocycles. The third-order valence-electron chi connectivity index (χ3n) is 5.14. The van der Waals surface area contributed by atoms with E-state index in [-0.39, 0.29) is 35.5 Å². The van der Waals surface area contributed by atoms with Crippen molar-refractivity contribution < 1.29 is 18.7 Å². The van der Waals surface area contributed by atoms with E-state index >= 15 is 0 Å². The molecule has 7 heteroatoms. The monoisotopic (exact) mass is 418 g/mol. The standard InChI is InChI=1S/C22H24ClFN2O3/c1-14-4-3-5-15(2)26(14)21(27)13-29-18-9-6-16(7-10-18)22(28)25-17-8-11-20(24)19(23)12-17/h6-12,14-15H,3-5,13H2,1-2H3,(H,25,28)/t14-,15+. The predicted octanol–water partition coefficient (Wildman–Crippen LogP) is 4.90. The minimum absolute atomic E-state index is 0.0280. The Morgan fingerprint density at radius 2 is 1.79 bits per heavy atom. The zero-order chi connectivity index (χ0) is 21.0. The maximum atomic E-state index is 13.2. The fraction of sp³-hybridized carbons (Fsp3) is 0.364. The average molecular weight is 419 g/mol. The minimum Gasteiger partial charge on any atom is -0.484 e. The summed E-state index contributed by atoms with van der Waals surface area (Å²) in [6.45, 7) is 4.10. The first-order valence-electron chi connectivity index (χ1n) is 9.65. The van der Waals surface area contributed by atoms with Crippen LogP contribution in [0.2, 0.25) is 5.02 Å². The Morgan fingerprint density at radius 3 is 2.41 bits per heavy atom. The first-order chi connectivity index (χ1) is 13.8. The summed E-state index contributed by atoms with van der Waals surface area (Å²) in [7, 11) is 0. The molecule has 0 aromatic heterocycles. The number of hydrogen-bond acceptors (Lipinski definition) is 3. The van der Waals surface area contributed by atoms with E-state index in [0.29, 0.717) is 17.0 Å². The Hall–Kier alpha value is -2.60. The second-order valence-electron chi connectivity index (χ2n) is 7.33. The molecule has 5 nitrogen and oxygen atoms in total. The van der Waals surface area contributed by atoms with Crippen molar-refractivity contribution in [1.29, 1.82) is 0 Å². The summed E-state index contributed by atoms with van der Waals surface area (Å²) >= 11 is 5.72. The number of anilines is 1. The number of nitrogens with zero attached hydrogens (tertiary/aromatic N) is 1. The number of halogens is 2. The third-order valence-corrected chi connectivity index (χ3v) is 5.43. The van der Waals surface area contributed by atoms with Crippen molar-refractivity contribution in [1.82, 2.24) is 4.90 Å². The summed E-state index contributed by atoms with van der Waals surface area (Å²) in [5.74, 6) is -0.419. The summed E-state index contributed by atoms with van der Waals surface area (Å²) in [5.41, 5.74) is 0.805. The van der Waals surface area contributed by atoms with Gasteiger partial charge in [-0.05, 0) is 75.6 Å². The molecule has 0 aliphatic carbocycles. The summed E-state index contributed by atoms with van der Waals surface area (Å²) in [5, 5.41) is 2.60. The summed E-state index contributed by atoms with van der Waals surface area (Å²) in [6, 6.07) is 10.9. The van der Waals surface area contributed by atoms with Gasteiger partial charge in [0.15, 0.2) is 6.61 Å². The van der Waals surface area contributed by atoms with Crippen LogP contribution >= 0.6 is 11.6 Å². The molecule has 2 aromatic rings. The van der Waals surface area contributed by atoms with Crippen LogP contribution in [0, 0.1) is 5.82 Å². The number of carbonyl (C=O) groups is 2. The van der Waals surface area contributed by atoms with Crippen molar-refractivity contribution in [3.8, 4) is 5.75 Å². The van der Waals surface area contributed by atoms with E-state index < -0.39 is 5.82 Å². The van der Waals surface area contributed by atoms with Gasteiger partial charge in [-0.25, -0.2) is 4.39 Å². The Morgan fingerprint density at radius 1 is 1.14 bits per heavy atom. The molecule has 0 unspecified atom stereocenters. The van der Waals surface area contributed by atoms with Crippen LogP contribution in [-0.4, -0.2) is 35.4 Å². The minimum atomic E-state index is -0.547. The summed E-state index contributed by atoms with van der Waals surface area (Å²) < 4.78 is 18.8. The second-order valence-corrected chi connectivity index (χ2v) is 7.73. The highest BCUT2D eigenvalue weighted by atomic mass is 35.5. The maximum absolute atomic E-state index is 13.2. The highest BCUT2D eigenvalue weighted by Gasteiger charge is 2.28. The number of ether oxygens (including phenoxy) is 1. The van der Waals surface area contributed by atoms with E-state index in [2.05, 4.69) is 19.2 Å². The Bertz CT molecular complexity index is 878. The van der Waals surface area contributed by atoms with Crippen LogP contribution in [0.5, 0.6) is 5.75 Å². The van der Waals surface area contributed by atoms with Crippen LogP contribution in [0.4, 0.5) is 10.1 Å². The molecule has 29 heavy (non-hydrogen) atoms. The SMILES string of the molecule is C[C@@H]1CCC[C@H](C)N1C(=O)COc1ccc(C(=O)Nc2ccc(F)c(Cl)c2)cc1. The van der Waals surface area contributed by atoms with Gasteiger partial charge in [0.25, 0.3) is 11.8 Å². The second kappa shape index (κ2) is 9.27. The molecule has 154 valence electrons. The molecular formula is C22H24ClFN2O3. The van der Waals surface area contributed by atoms with Crippen molar-refractivity contribution >= 4 is 29.1 Å². The lowest BCUT2D eigenvalue weighted by Crippen LogP contribution is -2.49. The van der Waals surface area contributed by atoms with Crippen molar-refractivity contribution in [2.45, 2.75) is 45.2 Å². The number of nitrogens with one attached hydrogen (secondary N) is 1. The Kier molecular flexibility index (Phi) is 6.75. The molecule has 2 amide bonds. The van der Waals surface area contributed by atoms with Gasteiger partial charge in [0, 0.05) is 23.3 Å². The molecule has 2 aromatic carbocycles. The third kappa shape index (κ3) is 5.26. The molecule has 0 spiro atoms. The van der Waals surface area contributed by atoms with Gasteiger partial charge >= 0.3 is 0 Å². The molecule has 1 N–H and O–H groups in total. The van der Waals surface area contributed by atoms with Gasteiger partial charge in [-0.3, -0.25) is 9.59 Å². The van der Waals surface area contributed by atoms with Crippen LogP contribution < -0.4 is 10.1 Å². The normalized spacial score (nSPS) is 19.0. The van der Waals surface area contributed by atoms with Crippen LogP contribution in [0.15, 0.2) is 42.5 Å². The number of benzene rings is 2. The van der Waals surface area contributed by atoms with Crippen molar-refractivity contribution in [3.63, 3.8) is 0 Å². The number of hydrogen-bond donors (Lipinski definition) is 1. The molecule has 1 aliphatic rings. The average Bonchev–Trinajstić information content (AvgIpc) is 2.69. The lowest BCUT2D eigenvalue weighted by atomic mass is 9.97. The van der Waals surface area contributed by atoms with Crippen molar-refractivity contribution in [2.75, 3.05) is 11.9 Å². The lowest BCUT2D eigenvalue weighted by molar-refractivity contribution is -0.139. The number of carbonyl (C=O) groups excluding carboxylic acids is 2. The van der Waals surface area contributed by atoms with Gasteiger partial charge in [-0.1, -0.05) is 11.6 Å². The maximum Gasteiger partial charge on any atom is 0.260 e. The summed E-state index contributed by atoms with van der Waals surface area (Å²) in [6.07, 6.45) is 3.17. The number of likely N-dealkylation sites (tertiary alicyclic amines) is 1. The number of piperidine rings is 1. The fourth-order valence-corrected chi connectivity index (χ4v) is 3.79. The molecular weight excluding hydrogens is 395 g/mol. The molecule has 1 aliphatic heterocycles. The molecule has 0 bridgehead atoms. The highest BCUT2D eigenvalue weighted by molar-refractivity contribution is 6.31. The van der Waals surface area contributed by atoms with E-state index in [1.165, 1.54) is 18.2 Å². The molecule has 0 radical (unpaired) electrons. The van der Waals surface area contributed by atoms with Crippen molar-refractivity contribution in [2.24, 2.45) is 0 Å². The largest absolute Gasteiger partial charge is 0.484 e. The molecule has 3 rings (SSSR count). The van der Waals surface area contributed by atoms with Gasteiger partial charge < -0.3 is 15.0 Å². The van der Waals surface area contributed by atoms with E-state index in [4.69, 9.17) is 16.3 Å². The van der Waals surface area contributed by atoms with Crippen LogP contribution in [0.25, 0.3) is 0 Å². The molecule has 1 fully saturated rings. The quantitative estimate of drug-likeness (QED) is 0.751. The van der Waals surface area contributed by atoms with Gasteiger partial charge in [0.2, 0.25) is 0 Å². The van der Waals surface area contributed by atoms with E-state index in [1.54, 1.807) is 24.3 Å². The van der Waals surface area contributed by atoms with E-state index in [0.717, 1.165) is 19.3 Å². The molecule has 2 atom stereocenters. The summed E-state index contributed by atoms with van der Waals surface area (Å²) in [4.78, 5) is 26.7. The van der Waals surface area contributed by atoms with Crippen molar-refractivity contribution in [3.05, 3.63) is 58.9 Å². The van der Waals surface area contributed by atoms with Crippen LogP contribution in [0.1, 0.15) is 43.5 Å². The van der Waals surface area contributed by atoms with Crippen LogP contribution in [0.3, 0.4) is 0 Å². The van der Waals surface area contributed by atoms with Gasteiger partial charge in [-0.2, -0.15) is 0 Å². The lowest BCUT2D eigenvalue weighted by Gasteiger charge is -2.38. The van der Waals surface area contributed by atoms with Gasteiger partial charge in [-0.15, -0.1) is 0 Å². The molecule has 1 heterocycles. The molecule has 1 saturated heterocycles. The zero-order valence-corrected chi connectivity index (χ0v) is 17.2. The fourth-order valence-electron chi connectivity index (χ4n) is 3.61. The smallest absolute Gasteiger partial charge is 0.260 e. The first kappa shape index (κ1) is 21.1.